The number of fused-ring (bicyclic) bond motifs is 1. The van der Waals surface area contributed by atoms with Crippen molar-refractivity contribution in [2.45, 2.75) is 37.6 Å². The number of aromatic nitrogens is 3. The van der Waals surface area contributed by atoms with E-state index in [-0.39, 0.29) is 23.0 Å². The molecular weight excluding hydrogens is 407 g/mol. The molecule has 0 spiro atoms. The number of nitrogens with zero attached hydrogens (tertiary/aromatic N) is 2. The Kier molecular flexibility index (Phi) is 5.19. The van der Waals surface area contributed by atoms with Gasteiger partial charge in [-0.1, -0.05) is 42.5 Å². The number of halogens is 1. The van der Waals surface area contributed by atoms with E-state index in [0.717, 1.165) is 59.2 Å². The molecule has 32 heavy (non-hydrogen) atoms. The van der Waals surface area contributed by atoms with Gasteiger partial charge in [0, 0.05) is 6.04 Å². The summed E-state index contributed by atoms with van der Waals surface area (Å²) in [7, 11) is 0. The van der Waals surface area contributed by atoms with Gasteiger partial charge in [-0.2, -0.15) is 0 Å². The van der Waals surface area contributed by atoms with E-state index in [1.165, 1.54) is 0 Å². The largest absolute Gasteiger partial charge is 0.334 e. The van der Waals surface area contributed by atoms with E-state index in [4.69, 9.17) is 5.73 Å². The van der Waals surface area contributed by atoms with Crippen LogP contribution in [0, 0.1) is 5.82 Å². The van der Waals surface area contributed by atoms with Gasteiger partial charge in [0.15, 0.2) is 0 Å². The number of H-pyrrole nitrogens is 1. The van der Waals surface area contributed by atoms with Crippen LogP contribution in [0.3, 0.4) is 0 Å². The lowest BCUT2D eigenvalue weighted by Crippen LogP contribution is -2.35. The smallest absolute Gasteiger partial charge is 0.328 e. The van der Waals surface area contributed by atoms with E-state index in [1.54, 1.807) is 6.07 Å². The highest BCUT2D eigenvalue weighted by molar-refractivity contribution is 5.75. The quantitative estimate of drug-likeness (QED) is 0.516. The van der Waals surface area contributed by atoms with Crippen LogP contribution < -0.4 is 17.0 Å². The number of aromatic amines is 1. The minimum atomic E-state index is -0.632. The molecule has 7 heteroatoms. The molecule has 162 valence electrons. The van der Waals surface area contributed by atoms with Crippen molar-refractivity contribution >= 4 is 11.0 Å². The number of nitrogens with one attached hydrogen (secondary N) is 1. The van der Waals surface area contributed by atoms with Crippen LogP contribution in [0.2, 0.25) is 0 Å². The van der Waals surface area contributed by atoms with Crippen molar-refractivity contribution in [2.75, 3.05) is 0 Å². The summed E-state index contributed by atoms with van der Waals surface area (Å²) in [6, 6.07) is 16.8. The van der Waals surface area contributed by atoms with Crippen LogP contribution in [0.15, 0.2) is 70.4 Å². The van der Waals surface area contributed by atoms with Gasteiger partial charge < -0.3 is 5.73 Å². The molecule has 6 nitrogen and oxygen atoms in total. The maximum absolute atomic E-state index is 13.8. The molecule has 0 aliphatic heterocycles. The molecule has 3 N–H and O–H groups in total. The normalized spacial score (nSPS) is 18.7. The van der Waals surface area contributed by atoms with Gasteiger partial charge in [-0.15, -0.1) is 0 Å². The molecule has 0 bridgehead atoms. The molecule has 0 amide bonds. The van der Waals surface area contributed by atoms with Crippen molar-refractivity contribution in [3.05, 3.63) is 93.0 Å². The van der Waals surface area contributed by atoms with Crippen LogP contribution in [-0.4, -0.2) is 20.6 Å². The Bertz CT molecular complexity index is 1400. The molecule has 2 heterocycles. The van der Waals surface area contributed by atoms with Gasteiger partial charge in [-0.25, -0.2) is 18.7 Å². The Balaban J connectivity index is 1.80. The average molecular weight is 430 g/mol. The van der Waals surface area contributed by atoms with Crippen molar-refractivity contribution < 1.29 is 4.39 Å². The van der Waals surface area contributed by atoms with Crippen LogP contribution in [0.25, 0.3) is 27.8 Å². The first kappa shape index (κ1) is 20.3. The fraction of sp³-hybridized carbons (Fsp3) is 0.240. The van der Waals surface area contributed by atoms with E-state index in [0.29, 0.717) is 5.69 Å². The van der Waals surface area contributed by atoms with Crippen LogP contribution >= 0.6 is 0 Å². The fourth-order valence-corrected chi connectivity index (χ4v) is 4.74. The van der Waals surface area contributed by atoms with E-state index in [1.807, 2.05) is 42.5 Å². The third kappa shape index (κ3) is 3.54. The van der Waals surface area contributed by atoms with Gasteiger partial charge in [0.05, 0.1) is 17.3 Å². The maximum atomic E-state index is 13.8. The molecule has 4 aromatic rings. The molecule has 5 rings (SSSR count). The van der Waals surface area contributed by atoms with Crippen LogP contribution in [-0.2, 0) is 0 Å². The molecule has 0 atom stereocenters. The third-order valence-corrected chi connectivity index (χ3v) is 6.31. The minimum Gasteiger partial charge on any atom is -0.328 e. The number of rotatable bonds is 3. The highest BCUT2D eigenvalue weighted by Gasteiger charge is 2.27. The molecule has 1 aliphatic rings. The molecule has 0 unspecified atom stereocenters. The number of benzene rings is 2. The van der Waals surface area contributed by atoms with Crippen molar-refractivity contribution in [3.63, 3.8) is 0 Å². The second kappa shape index (κ2) is 8.16. The Morgan fingerprint density at radius 2 is 1.75 bits per heavy atom. The molecule has 2 aromatic carbocycles. The lowest BCUT2D eigenvalue weighted by molar-refractivity contribution is 0.395. The van der Waals surface area contributed by atoms with Gasteiger partial charge in [-0.3, -0.25) is 9.78 Å². The summed E-state index contributed by atoms with van der Waals surface area (Å²) in [4.78, 5) is 32.9. The lowest BCUT2D eigenvalue weighted by Gasteiger charge is -2.30. The summed E-state index contributed by atoms with van der Waals surface area (Å²) in [5.74, 6) is -0.485. The number of nitrogens with two attached hydrogens (primary N) is 1. The van der Waals surface area contributed by atoms with Crippen LogP contribution in [0.4, 0.5) is 4.39 Å². The zero-order valence-electron chi connectivity index (χ0n) is 17.4. The number of hydrogen-bond acceptors (Lipinski definition) is 4. The number of pyridine rings is 1. The average Bonchev–Trinajstić information content (AvgIpc) is 2.81. The van der Waals surface area contributed by atoms with E-state index >= 15 is 0 Å². The van der Waals surface area contributed by atoms with Crippen molar-refractivity contribution in [1.82, 2.24) is 14.5 Å². The van der Waals surface area contributed by atoms with E-state index in [9.17, 15) is 14.0 Å². The first-order valence-electron chi connectivity index (χ1n) is 10.8. The van der Waals surface area contributed by atoms with Gasteiger partial charge in [0.25, 0.3) is 5.56 Å². The lowest BCUT2D eigenvalue weighted by atomic mass is 9.78. The molecular formula is C25H23FN4O2. The summed E-state index contributed by atoms with van der Waals surface area (Å²) < 4.78 is 14.9. The summed E-state index contributed by atoms with van der Waals surface area (Å²) >= 11 is 0. The SMILES string of the molecule is N[C@H]1CC[C@@H](c2c(-c3ccccc3)cccc2-n2c(=O)[nH]c3ncc(F)cc3c2=O)CC1. The van der Waals surface area contributed by atoms with Crippen LogP contribution in [0.5, 0.6) is 0 Å². The summed E-state index contributed by atoms with van der Waals surface area (Å²) in [5.41, 5.74) is 8.49. The highest BCUT2D eigenvalue weighted by atomic mass is 19.1. The fourth-order valence-electron chi connectivity index (χ4n) is 4.74. The van der Waals surface area contributed by atoms with E-state index in [2.05, 4.69) is 9.97 Å². The van der Waals surface area contributed by atoms with Gasteiger partial charge in [0.1, 0.15) is 11.5 Å². The highest BCUT2D eigenvalue weighted by Crippen LogP contribution is 2.40. The Morgan fingerprint density at radius 3 is 2.50 bits per heavy atom. The van der Waals surface area contributed by atoms with Gasteiger partial charge in [-0.05, 0) is 60.4 Å². The Morgan fingerprint density at radius 1 is 1.00 bits per heavy atom. The third-order valence-electron chi connectivity index (χ3n) is 6.31. The molecule has 0 radical (unpaired) electrons. The summed E-state index contributed by atoms with van der Waals surface area (Å²) in [6.07, 6.45) is 4.48. The monoisotopic (exact) mass is 430 g/mol. The molecule has 0 saturated heterocycles. The second-order valence-electron chi connectivity index (χ2n) is 8.34. The first-order valence-corrected chi connectivity index (χ1v) is 10.8. The minimum absolute atomic E-state index is 0.0336. The number of hydrogen-bond donors (Lipinski definition) is 2. The maximum Gasteiger partial charge on any atom is 0.334 e. The molecule has 1 aliphatic carbocycles. The molecule has 1 fully saturated rings. The zero-order chi connectivity index (χ0) is 22.2. The Hall–Kier alpha value is -3.58. The van der Waals surface area contributed by atoms with Crippen molar-refractivity contribution in [1.29, 1.82) is 0 Å². The van der Waals surface area contributed by atoms with Crippen molar-refractivity contribution in [2.24, 2.45) is 5.73 Å². The predicted octanol–water partition coefficient (Wildman–Crippen LogP) is 3.87. The second-order valence-corrected chi connectivity index (χ2v) is 8.34. The zero-order valence-corrected chi connectivity index (χ0v) is 17.4. The summed E-state index contributed by atoms with van der Waals surface area (Å²) in [5, 5.41) is 0.0336. The molecule has 1 saturated carbocycles. The Labute approximate surface area is 183 Å². The standard InChI is InChI=1S/C25H23FN4O2/c26-17-13-20-23(28-14-17)29-25(32)30(24(20)31)21-8-4-7-19(15-5-2-1-3-6-15)22(21)16-9-11-18(27)12-10-16/h1-8,13-14,16,18H,9-12,27H2,(H,28,29,32)/t16-,18+. The topological polar surface area (TPSA) is 93.8 Å². The predicted molar refractivity (Wildman–Crippen MR) is 123 cm³/mol. The van der Waals surface area contributed by atoms with Gasteiger partial charge in [0.2, 0.25) is 0 Å². The van der Waals surface area contributed by atoms with E-state index < -0.39 is 17.1 Å². The molecule has 2 aromatic heterocycles. The first-order chi connectivity index (χ1) is 15.5. The van der Waals surface area contributed by atoms with Crippen molar-refractivity contribution in [3.8, 4) is 16.8 Å². The van der Waals surface area contributed by atoms with Gasteiger partial charge >= 0.3 is 5.69 Å². The van der Waals surface area contributed by atoms with Crippen LogP contribution in [0.1, 0.15) is 37.2 Å². The summed E-state index contributed by atoms with van der Waals surface area (Å²) in [6.45, 7) is 0.